The van der Waals surface area contributed by atoms with Gasteiger partial charge in [0.15, 0.2) is 11.8 Å². The molecule has 1 saturated carbocycles. The van der Waals surface area contributed by atoms with E-state index in [1.165, 1.54) is 4.90 Å². The molecule has 4 unspecified atom stereocenters. The van der Waals surface area contributed by atoms with Gasteiger partial charge in [0, 0.05) is 33.1 Å². The van der Waals surface area contributed by atoms with E-state index >= 15 is 0 Å². The van der Waals surface area contributed by atoms with Crippen LogP contribution in [-0.4, -0.2) is 57.6 Å². The zero-order valence-electron chi connectivity index (χ0n) is 16.0. The molecule has 0 spiro atoms. The number of carbonyl (C=O) groups is 2. The Kier molecular flexibility index (Phi) is 4.17. The molecule has 28 heavy (non-hydrogen) atoms. The molecular weight excluding hydrogens is 358 g/mol. The van der Waals surface area contributed by atoms with Gasteiger partial charge in [-0.25, -0.2) is 0 Å². The molecule has 1 aromatic rings. The summed E-state index contributed by atoms with van der Waals surface area (Å²) in [6, 6.07) is 0. The average molecular weight is 383 g/mol. The van der Waals surface area contributed by atoms with Crippen LogP contribution in [0.1, 0.15) is 24.5 Å². The molecule has 1 saturated heterocycles. The van der Waals surface area contributed by atoms with Gasteiger partial charge in [-0.15, -0.1) is 10.2 Å². The first-order valence-corrected chi connectivity index (χ1v) is 10.1. The number of guanidine groups is 1. The molecule has 2 bridgehead atoms. The van der Waals surface area contributed by atoms with Gasteiger partial charge in [-0.1, -0.05) is 12.2 Å². The molecule has 2 N–H and O–H groups in total. The van der Waals surface area contributed by atoms with Crippen molar-refractivity contribution in [3.63, 3.8) is 0 Å². The van der Waals surface area contributed by atoms with Crippen molar-refractivity contribution in [1.29, 1.82) is 0 Å². The quantitative estimate of drug-likeness (QED) is 0.313. The van der Waals surface area contributed by atoms with E-state index in [2.05, 4.69) is 42.5 Å². The van der Waals surface area contributed by atoms with Crippen LogP contribution in [0.3, 0.4) is 0 Å². The maximum Gasteiger partial charge on any atom is 0.233 e. The minimum Gasteiger partial charge on any atom is -0.355 e. The minimum absolute atomic E-state index is 0.00406. The Balaban J connectivity index is 1.13. The Morgan fingerprint density at radius 3 is 2.64 bits per heavy atom. The lowest BCUT2D eigenvalue weighted by Crippen LogP contribution is -2.43. The summed E-state index contributed by atoms with van der Waals surface area (Å²) >= 11 is 0. The highest BCUT2D eigenvalue weighted by molar-refractivity contribution is 6.06. The van der Waals surface area contributed by atoms with Crippen molar-refractivity contribution in [3.05, 3.63) is 23.8 Å². The van der Waals surface area contributed by atoms with Crippen molar-refractivity contribution in [3.8, 4) is 0 Å². The van der Waals surface area contributed by atoms with Gasteiger partial charge in [0.2, 0.25) is 11.8 Å². The number of carbonyl (C=O) groups excluding carboxylic acids is 2. The molecule has 1 aromatic heterocycles. The number of imide groups is 1. The number of fused-ring (bicyclic) bond motifs is 6. The van der Waals surface area contributed by atoms with E-state index in [4.69, 9.17) is 0 Å². The summed E-state index contributed by atoms with van der Waals surface area (Å²) in [7, 11) is 1.70. The van der Waals surface area contributed by atoms with E-state index in [9.17, 15) is 9.59 Å². The molecular formula is C19H25N7O2. The number of allylic oxidation sites excluding steroid dienone is 2. The molecule has 3 heterocycles. The number of amides is 2. The van der Waals surface area contributed by atoms with E-state index < -0.39 is 0 Å². The van der Waals surface area contributed by atoms with Crippen LogP contribution in [0.15, 0.2) is 17.1 Å². The molecule has 2 aliphatic heterocycles. The fourth-order valence-electron chi connectivity index (χ4n) is 5.20. The topological polar surface area (TPSA) is 105 Å². The first-order valence-electron chi connectivity index (χ1n) is 10.1. The summed E-state index contributed by atoms with van der Waals surface area (Å²) in [6.07, 6.45) is 7.29. The molecule has 2 fully saturated rings. The van der Waals surface area contributed by atoms with E-state index in [1.54, 1.807) is 7.05 Å². The number of aryl methyl sites for hydroxylation is 1. The third kappa shape index (κ3) is 2.63. The second-order valence-electron chi connectivity index (χ2n) is 7.97. The number of aliphatic imine (C=N–C) groups is 1. The molecule has 4 aliphatic rings. The lowest BCUT2D eigenvalue weighted by molar-refractivity contribution is -0.140. The molecule has 0 aromatic carbocycles. The van der Waals surface area contributed by atoms with Crippen LogP contribution in [0.25, 0.3) is 0 Å². The van der Waals surface area contributed by atoms with Crippen LogP contribution in [-0.2, 0) is 29.1 Å². The second kappa shape index (κ2) is 6.72. The number of hydrogen-bond donors (Lipinski definition) is 2. The molecule has 0 radical (unpaired) electrons. The number of aromatic nitrogens is 3. The second-order valence-corrected chi connectivity index (χ2v) is 7.97. The van der Waals surface area contributed by atoms with Crippen molar-refractivity contribution < 1.29 is 9.59 Å². The normalized spacial score (nSPS) is 30.3. The van der Waals surface area contributed by atoms with Crippen LogP contribution in [0.2, 0.25) is 0 Å². The van der Waals surface area contributed by atoms with Gasteiger partial charge in [0.1, 0.15) is 5.82 Å². The number of likely N-dealkylation sites (tertiary alicyclic amines) is 1. The first kappa shape index (κ1) is 17.4. The maximum absolute atomic E-state index is 12.7. The van der Waals surface area contributed by atoms with Gasteiger partial charge in [-0.05, 0) is 24.7 Å². The highest BCUT2D eigenvalue weighted by atomic mass is 16.2. The Morgan fingerprint density at radius 1 is 1.18 bits per heavy atom. The fraction of sp³-hybridized carbons (Fsp3) is 0.632. The van der Waals surface area contributed by atoms with Crippen LogP contribution >= 0.6 is 0 Å². The van der Waals surface area contributed by atoms with Gasteiger partial charge in [-0.2, -0.15) is 0 Å². The van der Waals surface area contributed by atoms with Crippen molar-refractivity contribution in [2.45, 2.75) is 32.4 Å². The van der Waals surface area contributed by atoms with Gasteiger partial charge in [0.25, 0.3) is 0 Å². The van der Waals surface area contributed by atoms with Crippen LogP contribution < -0.4 is 10.6 Å². The predicted octanol–water partition coefficient (Wildman–Crippen LogP) is -0.304. The molecule has 2 aliphatic carbocycles. The lowest BCUT2D eigenvalue weighted by Gasteiger charge is -2.18. The van der Waals surface area contributed by atoms with Crippen LogP contribution in [0.5, 0.6) is 0 Å². The molecule has 4 atom stereocenters. The van der Waals surface area contributed by atoms with Crippen molar-refractivity contribution in [1.82, 2.24) is 30.3 Å². The Labute approximate surface area is 163 Å². The van der Waals surface area contributed by atoms with Gasteiger partial charge in [0.05, 0.1) is 18.4 Å². The largest absolute Gasteiger partial charge is 0.355 e. The number of hydrogen-bond acceptors (Lipinski definition) is 5. The van der Waals surface area contributed by atoms with Crippen LogP contribution in [0, 0.1) is 23.7 Å². The van der Waals surface area contributed by atoms with Gasteiger partial charge >= 0.3 is 0 Å². The fourth-order valence-corrected chi connectivity index (χ4v) is 5.20. The summed E-state index contributed by atoms with van der Waals surface area (Å²) in [4.78, 5) is 31.1. The summed E-state index contributed by atoms with van der Waals surface area (Å²) in [5.41, 5.74) is 0. The summed E-state index contributed by atoms with van der Waals surface area (Å²) in [5.74, 6) is 2.80. The minimum atomic E-state index is -0.130. The van der Waals surface area contributed by atoms with Gasteiger partial charge in [-0.3, -0.25) is 19.5 Å². The monoisotopic (exact) mass is 383 g/mol. The summed E-state index contributed by atoms with van der Waals surface area (Å²) in [5, 5.41) is 14.8. The van der Waals surface area contributed by atoms with Crippen molar-refractivity contribution >= 4 is 17.8 Å². The average Bonchev–Trinajstić information content (AvgIpc) is 3.48. The Morgan fingerprint density at radius 2 is 1.93 bits per heavy atom. The van der Waals surface area contributed by atoms with E-state index in [0.717, 1.165) is 37.5 Å². The molecule has 148 valence electrons. The van der Waals surface area contributed by atoms with Crippen LogP contribution in [0.4, 0.5) is 0 Å². The van der Waals surface area contributed by atoms with Crippen molar-refractivity contribution in [2.24, 2.45) is 28.7 Å². The van der Waals surface area contributed by atoms with E-state index in [1.807, 2.05) is 0 Å². The third-order valence-electron chi connectivity index (χ3n) is 6.51. The predicted molar refractivity (Wildman–Crippen MR) is 101 cm³/mol. The van der Waals surface area contributed by atoms with E-state index in [0.29, 0.717) is 25.6 Å². The molecule has 2 amide bonds. The van der Waals surface area contributed by atoms with Gasteiger partial charge < -0.3 is 15.2 Å². The maximum atomic E-state index is 12.7. The van der Waals surface area contributed by atoms with Crippen molar-refractivity contribution in [2.75, 3.05) is 20.1 Å². The number of rotatable bonds is 5. The Bertz CT molecular complexity index is 844. The first-order chi connectivity index (χ1) is 13.7. The highest BCUT2D eigenvalue weighted by Crippen LogP contribution is 2.52. The zero-order chi connectivity index (χ0) is 19.3. The van der Waals surface area contributed by atoms with E-state index in [-0.39, 0.29) is 35.5 Å². The zero-order valence-corrected chi connectivity index (χ0v) is 16.0. The Hall–Kier alpha value is -2.71. The molecule has 9 nitrogen and oxygen atoms in total. The molecule has 9 heteroatoms. The SMILES string of the molecule is CN=C(NCCN1C(=O)C2C3C=CC(C3)C2C1=O)NCc1nnc2n1CCC2. The smallest absolute Gasteiger partial charge is 0.233 e. The highest BCUT2D eigenvalue weighted by Gasteiger charge is 2.58. The summed E-state index contributed by atoms with van der Waals surface area (Å²) in [6.45, 7) is 2.33. The molecule has 5 rings (SSSR count). The lowest BCUT2D eigenvalue weighted by atomic mass is 9.85. The standard InChI is InChI=1S/C19H25N7O2/c1-20-19(22-10-14-24-23-13-3-2-7-25(13)14)21-6-8-26-17(27)15-11-4-5-12(9-11)16(15)18(26)28/h4-5,11-12,15-16H,2-3,6-10H2,1H3,(H2,20,21,22). The number of nitrogens with one attached hydrogen (secondary N) is 2. The third-order valence-corrected chi connectivity index (χ3v) is 6.51. The summed E-state index contributed by atoms with van der Waals surface area (Å²) < 4.78 is 2.14. The number of nitrogens with zero attached hydrogens (tertiary/aromatic N) is 5.